The molecule has 0 aliphatic heterocycles. The Bertz CT molecular complexity index is 660. The molecule has 0 spiro atoms. The molecule has 0 saturated carbocycles. The summed E-state index contributed by atoms with van der Waals surface area (Å²) in [6, 6.07) is 18.8. The number of nitrogens with zero attached hydrogens (tertiary/aromatic N) is 2. The van der Waals surface area contributed by atoms with E-state index in [4.69, 9.17) is 12.2 Å². The molecule has 5 nitrogen and oxygen atoms in total. The standard InChI is InChI=1S/C16H15N3O2S/c1-21-15(20)12-17-19(14-10-6-3-7-11-14)16(22)18-13-8-4-2-5-9-13/h2-12H,1H3,(H,18,22)/b17-12+. The number of carbonyl (C=O) groups is 1. The summed E-state index contributed by atoms with van der Waals surface area (Å²) < 4.78 is 4.56. The zero-order valence-electron chi connectivity index (χ0n) is 12.0. The van der Waals surface area contributed by atoms with E-state index >= 15 is 0 Å². The lowest BCUT2D eigenvalue weighted by Crippen LogP contribution is -2.30. The van der Waals surface area contributed by atoms with Gasteiger partial charge in [-0.25, -0.2) is 9.80 Å². The van der Waals surface area contributed by atoms with Gasteiger partial charge < -0.3 is 10.1 Å². The second-order valence-electron chi connectivity index (χ2n) is 4.21. The first-order valence-electron chi connectivity index (χ1n) is 6.54. The van der Waals surface area contributed by atoms with Gasteiger partial charge in [-0.05, 0) is 36.5 Å². The molecule has 0 aliphatic rings. The molecular weight excluding hydrogens is 298 g/mol. The number of benzene rings is 2. The van der Waals surface area contributed by atoms with Crippen molar-refractivity contribution in [3.8, 4) is 0 Å². The van der Waals surface area contributed by atoms with Crippen LogP contribution in [0.2, 0.25) is 0 Å². The van der Waals surface area contributed by atoms with Crippen LogP contribution in [0.15, 0.2) is 65.8 Å². The summed E-state index contributed by atoms with van der Waals surface area (Å²) in [5, 5.41) is 8.97. The average molecular weight is 313 g/mol. The molecule has 0 heterocycles. The van der Waals surface area contributed by atoms with Crippen molar-refractivity contribution in [2.24, 2.45) is 5.10 Å². The first kappa shape index (κ1) is 15.7. The van der Waals surface area contributed by atoms with Crippen molar-refractivity contribution in [3.05, 3.63) is 60.7 Å². The third-order valence-electron chi connectivity index (χ3n) is 2.70. The van der Waals surface area contributed by atoms with Crippen molar-refractivity contribution in [2.45, 2.75) is 0 Å². The fourth-order valence-electron chi connectivity index (χ4n) is 1.66. The maximum atomic E-state index is 11.3. The first-order chi connectivity index (χ1) is 10.7. The molecule has 0 saturated heterocycles. The number of hydrogen-bond donors (Lipinski definition) is 1. The SMILES string of the molecule is COC(=O)/C=N/N(C(=S)Nc1ccccc1)c1ccccc1. The normalized spacial score (nSPS) is 10.2. The van der Waals surface area contributed by atoms with Gasteiger partial charge in [0.05, 0.1) is 12.8 Å². The van der Waals surface area contributed by atoms with Gasteiger partial charge in [-0.1, -0.05) is 36.4 Å². The van der Waals surface area contributed by atoms with Crippen LogP contribution in [-0.2, 0) is 9.53 Å². The second-order valence-corrected chi connectivity index (χ2v) is 4.60. The van der Waals surface area contributed by atoms with Gasteiger partial charge in [0.1, 0.15) is 6.21 Å². The Morgan fingerprint density at radius 1 is 1.14 bits per heavy atom. The summed E-state index contributed by atoms with van der Waals surface area (Å²) in [5.74, 6) is -0.552. The Labute approximate surface area is 134 Å². The molecule has 0 amide bonds. The molecule has 112 valence electrons. The lowest BCUT2D eigenvalue weighted by Gasteiger charge is -2.20. The molecule has 0 bridgehead atoms. The summed E-state index contributed by atoms with van der Waals surface area (Å²) in [7, 11) is 1.29. The maximum absolute atomic E-state index is 11.3. The number of nitrogens with one attached hydrogen (secondary N) is 1. The number of esters is 1. The monoisotopic (exact) mass is 313 g/mol. The zero-order chi connectivity index (χ0) is 15.8. The molecule has 22 heavy (non-hydrogen) atoms. The Balaban J connectivity index is 2.22. The molecule has 2 aromatic rings. The van der Waals surface area contributed by atoms with Crippen LogP contribution in [0.1, 0.15) is 0 Å². The van der Waals surface area contributed by atoms with Crippen molar-refractivity contribution >= 4 is 40.9 Å². The Morgan fingerprint density at radius 3 is 2.32 bits per heavy atom. The third-order valence-corrected chi connectivity index (χ3v) is 2.97. The number of carbonyl (C=O) groups excluding carboxylic acids is 1. The molecule has 0 atom stereocenters. The molecule has 0 fully saturated rings. The van der Waals surface area contributed by atoms with Gasteiger partial charge in [-0.15, -0.1) is 0 Å². The van der Waals surface area contributed by atoms with E-state index in [1.165, 1.54) is 12.1 Å². The van der Waals surface area contributed by atoms with Crippen LogP contribution in [0.3, 0.4) is 0 Å². The topological polar surface area (TPSA) is 53.9 Å². The van der Waals surface area contributed by atoms with Crippen LogP contribution in [0.4, 0.5) is 11.4 Å². The fraction of sp³-hybridized carbons (Fsp3) is 0.0625. The highest BCUT2D eigenvalue weighted by Crippen LogP contribution is 2.16. The van der Waals surface area contributed by atoms with E-state index in [-0.39, 0.29) is 0 Å². The summed E-state index contributed by atoms with van der Waals surface area (Å²) >= 11 is 5.38. The van der Waals surface area contributed by atoms with E-state index < -0.39 is 5.97 Å². The molecule has 2 rings (SSSR count). The Kier molecular flexibility index (Phi) is 5.62. The fourth-order valence-corrected chi connectivity index (χ4v) is 1.93. The number of anilines is 2. The number of hydrogen-bond acceptors (Lipinski definition) is 4. The summed E-state index contributed by atoms with van der Waals surface area (Å²) in [4.78, 5) is 11.3. The Hall–Kier alpha value is -2.73. The summed E-state index contributed by atoms with van der Waals surface area (Å²) in [6.07, 6.45) is 1.08. The van der Waals surface area contributed by atoms with E-state index in [1.807, 2.05) is 60.7 Å². The van der Waals surface area contributed by atoms with Crippen LogP contribution in [0.5, 0.6) is 0 Å². The molecule has 0 unspecified atom stereocenters. The van der Waals surface area contributed by atoms with Gasteiger partial charge in [0.15, 0.2) is 5.11 Å². The third kappa shape index (κ3) is 4.39. The van der Waals surface area contributed by atoms with Crippen LogP contribution < -0.4 is 10.3 Å². The lowest BCUT2D eigenvalue weighted by molar-refractivity contribution is -0.132. The number of rotatable bonds is 4. The van der Waals surface area contributed by atoms with E-state index in [0.717, 1.165) is 17.6 Å². The lowest BCUT2D eigenvalue weighted by atomic mass is 10.3. The van der Waals surface area contributed by atoms with Crippen molar-refractivity contribution < 1.29 is 9.53 Å². The second kappa shape index (κ2) is 7.90. The van der Waals surface area contributed by atoms with Gasteiger partial charge in [-0.2, -0.15) is 5.10 Å². The highest BCUT2D eigenvalue weighted by molar-refractivity contribution is 7.80. The number of thiocarbonyl (C=S) groups is 1. The first-order valence-corrected chi connectivity index (χ1v) is 6.94. The zero-order valence-corrected chi connectivity index (χ0v) is 12.8. The van der Waals surface area contributed by atoms with Crippen LogP contribution >= 0.6 is 12.2 Å². The number of ether oxygens (including phenoxy) is 1. The molecule has 0 aromatic heterocycles. The van der Waals surface area contributed by atoms with Gasteiger partial charge in [0.25, 0.3) is 0 Å². The summed E-state index contributed by atoms with van der Waals surface area (Å²) in [5.41, 5.74) is 1.57. The van der Waals surface area contributed by atoms with Gasteiger partial charge in [0, 0.05) is 5.69 Å². The number of para-hydroxylation sites is 2. The van der Waals surface area contributed by atoms with E-state index in [9.17, 15) is 4.79 Å². The van der Waals surface area contributed by atoms with Crippen LogP contribution in [-0.4, -0.2) is 24.4 Å². The highest BCUT2D eigenvalue weighted by atomic mass is 32.1. The summed E-state index contributed by atoms with van der Waals surface area (Å²) in [6.45, 7) is 0. The van der Waals surface area contributed by atoms with Gasteiger partial charge in [-0.3, -0.25) is 0 Å². The minimum Gasteiger partial charge on any atom is -0.465 e. The van der Waals surface area contributed by atoms with Crippen molar-refractivity contribution in [1.29, 1.82) is 0 Å². The van der Waals surface area contributed by atoms with Crippen molar-refractivity contribution in [3.63, 3.8) is 0 Å². The van der Waals surface area contributed by atoms with Crippen molar-refractivity contribution in [2.75, 3.05) is 17.4 Å². The van der Waals surface area contributed by atoms with Crippen LogP contribution in [0.25, 0.3) is 0 Å². The van der Waals surface area contributed by atoms with Crippen LogP contribution in [0, 0.1) is 0 Å². The van der Waals surface area contributed by atoms with Crippen molar-refractivity contribution in [1.82, 2.24) is 0 Å². The predicted molar refractivity (Wildman–Crippen MR) is 92.1 cm³/mol. The van der Waals surface area contributed by atoms with E-state index in [2.05, 4.69) is 15.2 Å². The van der Waals surface area contributed by atoms with Gasteiger partial charge in [0.2, 0.25) is 0 Å². The minimum absolute atomic E-state index is 0.345. The average Bonchev–Trinajstić information content (AvgIpc) is 2.56. The number of hydrazone groups is 1. The molecule has 0 aliphatic carbocycles. The maximum Gasteiger partial charge on any atom is 0.350 e. The van der Waals surface area contributed by atoms with Gasteiger partial charge >= 0.3 is 5.97 Å². The number of methoxy groups -OCH3 is 1. The molecule has 6 heteroatoms. The molecular formula is C16H15N3O2S. The molecule has 0 radical (unpaired) electrons. The predicted octanol–water partition coefficient (Wildman–Crippen LogP) is 3.05. The van der Waals surface area contributed by atoms with E-state index in [0.29, 0.717) is 5.11 Å². The minimum atomic E-state index is -0.552. The Morgan fingerprint density at radius 2 is 1.73 bits per heavy atom. The van der Waals surface area contributed by atoms with E-state index in [1.54, 1.807) is 0 Å². The molecule has 2 aromatic carbocycles. The molecule has 1 N–H and O–H groups in total. The quantitative estimate of drug-likeness (QED) is 0.407. The smallest absolute Gasteiger partial charge is 0.350 e. The largest absolute Gasteiger partial charge is 0.465 e. The highest BCUT2D eigenvalue weighted by Gasteiger charge is 2.11.